The molecular formula is C15H23NO4S. The van der Waals surface area contributed by atoms with Gasteiger partial charge in [0.25, 0.3) is 0 Å². The second-order valence-electron chi connectivity index (χ2n) is 5.76. The molecule has 5 nitrogen and oxygen atoms in total. The highest BCUT2D eigenvalue weighted by Gasteiger charge is 2.31. The van der Waals surface area contributed by atoms with Gasteiger partial charge >= 0.3 is 5.97 Å². The molecule has 0 heterocycles. The van der Waals surface area contributed by atoms with Crippen molar-refractivity contribution in [3.8, 4) is 0 Å². The van der Waals surface area contributed by atoms with Gasteiger partial charge in [-0.05, 0) is 58.7 Å². The Morgan fingerprint density at radius 3 is 1.90 bits per heavy atom. The summed E-state index contributed by atoms with van der Waals surface area (Å²) in [5.41, 5.74) is 1.13. The van der Waals surface area contributed by atoms with Crippen molar-refractivity contribution in [3.63, 3.8) is 0 Å². The number of nitrogens with zero attached hydrogens (tertiary/aromatic N) is 1. The number of hydrogen-bond donors (Lipinski definition) is 1. The van der Waals surface area contributed by atoms with Crippen LogP contribution in [-0.2, 0) is 10.0 Å². The first-order valence-corrected chi connectivity index (χ1v) is 8.32. The molecule has 1 N–H and O–H groups in total. The molecule has 21 heavy (non-hydrogen) atoms. The summed E-state index contributed by atoms with van der Waals surface area (Å²) in [5.74, 6) is -1.12. The van der Waals surface area contributed by atoms with Crippen molar-refractivity contribution in [2.24, 2.45) is 0 Å². The summed E-state index contributed by atoms with van der Waals surface area (Å²) in [5, 5.41) is 9.20. The molecular weight excluding hydrogens is 290 g/mol. The van der Waals surface area contributed by atoms with E-state index in [9.17, 15) is 18.3 Å². The molecule has 0 unspecified atom stereocenters. The van der Waals surface area contributed by atoms with E-state index in [0.29, 0.717) is 11.1 Å². The SMILES string of the molecule is Cc1cc(C)c(S(=O)(=O)N(C(C)C)C(C)C)cc1C(=O)O. The summed E-state index contributed by atoms with van der Waals surface area (Å²) in [6.45, 7) is 10.6. The molecule has 0 aliphatic rings. The Labute approximate surface area is 126 Å². The monoisotopic (exact) mass is 313 g/mol. The van der Waals surface area contributed by atoms with Crippen LogP contribution >= 0.6 is 0 Å². The topological polar surface area (TPSA) is 74.7 Å². The van der Waals surface area contributed by atoms with Gasteiger partial charge in [-0.2, -0.15) is 4.31 Å². The Hall–Kier alpha value is -1.40. The number of aromatic carboxylic acids is 1. The van der Waals surface area contributed by atoms with Crippen molar-refractivity contribution >= 4 is 16.0 Å². The quantitative estimate of drug-likeness (QED) is 0.907. The number of carboxylic acid groups (broad SMARTS) is 1. The van der Waals surface area contributed by atoms with E-state index in [-0.39, 0.29) is 22.5 Å². The van der Waals surface area contributed by atoms with Gasteiger partial charge in [0.15, 0.2) is 0 Å². The molecule has 0 saturated carbocycles. The van der Waals surface area contributed by atoms with E-state index in [2.05, 4.69) is 0 Å². The number of sulfonamides is 1. The average Bonchev–Trinajstić information content (AvgIpc) is 2.25. The van der Waals surface area contributed by atoms with E-state index in [4.69, 9.17) is 0 Å². The van der Waals surface area contributed by atoms with E-state index in [0.717, 1.165) is 0 Å². The summed E-state index contributed by atoms with van der Waals surface area (Å²) >= 11 is 0. The van der Waals surface area contributed by atoms with Crippen molar-refractivity contribution in [2.75, 3.05) is 0 Å². The summed E-state index contributed by atoms with van der Waals surface area (Å²) in [6, 6.07) is 2.46. The zero-order chi connectivity index (χ0) is 16.5. The molecule has 0 fully saturated rings. The second kappa shape index (κ2) is 6.15. The zero-order valence-electron chi connectivity index (χ0n) is 13.3. The fourth-order valence-electron chi connectivity index (χ4n) is 2.61. The molecule has 6 heteroatoms. The molecule has 1 aromatic rings. The van der Waals surface area contributed by atoms with Crippen LogP contribution in [0.1, 0.15) is 49.2 Å². The van der Waals surface area contributed by atoms with Crippen molar-refractivity contribution in [1.82, 2.24) is 4.31 Å². The van der Waals surface area contributed by atoms with E-state index in [1.165, 1.54) is 10.4 Å². The lowest BCUT2D eigenvalue weighted by Gasteiger charge is -2.30. The number of rotatable bonds is 5. The molecule has 0 aliphatic carbocycles. The standard InChI is InChI=1S/C15H23NO4S/c1-9(2)16(10(3)4)21(19,20)14-8-13(15(17)18)11(5)7-12(14)6/h7-10H,1-6H3,(H,17,18). The van der Waals surface area contributed by atoms with E-state index < -0.39 is 16.0 Å². The summed E-state index contributed by atoms with van der Waals surface area (Å²) in [6.07, 6.45) is 0. The molecule has 118 valence electrons. The van der Waals surface area contributed by atoms with Crippen LogP contribution in [0.5, 0.6) is 0 Å². The Morgan fingerprint density at radius 2 is 1.52 bits per heavy atom. The van der Waals surface area contributed by atoms with Crippen molar-refractivity contribution in [1.29, 1.82) is 0 Å². The van der Waals surface area contributed by atoms with Crippen LogP contribution in [0.2, 0.25) is 0 Å². The average molecular weight is 313 g/mol. The lowest BCUT2D eigenvalue weighted by Crippen LogP contribution is -2.42. The van der Waals surface area contributed by atoms with Gasteiger partial charge in [0.2, 0.25) is 10.0 Å². The Balaban J connectivity index is 3.58. The third kappa shape index (κ3) is 3.44. The number of carboxylic acids is 1. The van der Waals surface area contributed by atoms with Crippen LogP contribution in [0.4, 0.5) is 0 Å². The van der Waals surface area contributed by atoms with Crippen LogP contribution in [0.25, 0.3) is 0 Å². The summed E-state index contributed by atoms with van der Waals surface area (Å²) < 4.78 is 27.1. The maximum atomic E-state index is 12.9. The van der Waals surface area contributed by atoms with Crippen LogP contribution in [0.3, 0.4) is 0 Å². The third-order valence-electron chi connectivity index (χ3n) is 3.33. The minimum atomic E-state index is -3.73. The molecule has 0 spiro atoms. The van der Waals surface area contributed by atoms with Crippen LogP contribution in [0, 0.1) is 13.8 Å². The van der Waals surface area contributed by atoms with Crippen LogP contribution in [0.15, 0.2) is 17.0 Å². The predicted octanol–water partition coefficient (Wildman–Crippen LogP) is 2.81. The fraction of sp³-hybridized carbons (Fsp3) is 0.533. The smallest absolute Gasteiger partial charge is 0.335 e. The molecule has 0 aliphatic heterocycles. The first-order chi connectivity index (χ1) is 9.50. The molecule has 0 amide bonds. The Bertz CT molecular complexity index is 640. The molecule has 0 atom stereocenters. The highest BCUT2D eigenvalue weighted by atomic mass is 32.2. The summed E-state index contributed by atoms with van der Waals surface area (Å²) in [7, 11) is -3.73. The maximum Gasteiger partial charge on any atom is 0.335 e. The maximum absolute atomic E-state index is 12.9. The Kier molecular flexibility index (Phi) is 5.17. The second-order valence-corrected chi connectivity index (χ2v) is 7.57. The molecule has 1 rings (SSSR count). The predicted molar refractivity (Wildman–Crippen MR) is 82.2 cm³/mol. The molecule has 0 bridgehead atoms. The first kappa shape index (κ1) is 17.7. The van der Waals surface area contributed by atoms with Crippen LogP contribution in [-0.4, -0.2) is 35.9 Å². The number of carbonyl (C=O) groups is 1. The fourth-order valence-corrected chi connectivity index (χ4v) is 4.68. The molecule has 0 aromatic heterocycles. The normalized spacial score (nSPS) is 12.4. The van der Waals surface area contributed by atoms with Gasteiger partial charge in [-0.1, -0.05) is 6.07 Å². The minimum Gasteiger partial charge on any atom is -0.478 e. The third-order valence-corrected chi connectivity index (χ3v) is 5.72. The van der Waals surface area contributed by atoms with Gasteiger partial charge in [-0.3, -0.25) is 0 Å². The summed E-state index contributed by atoms with van der Waals surface area (Å²) in [4.78, 5) is 11.3. The van der Waals surface area contributed by atoms with Gasteiger partial charge in [0.1, 0.15) is 0 Å². The van der Waals surface area contributed by atoms with E-state index in [1.807, 2.05) is 0 Å². The number of aryl methyl sites for hydroxylation is 2. The molecule has 0 radical (unpaired) electrons. The first-order valence-electron chi connectivity index (χ1n) is 6.88. The minimum absolute atomic E-state index is 0.0200. The van der Waals surface area contributed by atoms with Gasteiger partial charge in [-0.15, -0.1) is 0 Å². The van der Waals surface area contributed by atoms with E-state index >= 15 is 0 Å². The van der Waals surface area contributed by atoms with Gasteiger partial charge in [0, 0.05) is 12.1 Å². The van der Waals surface area contributed by atoms with Gasteiger partial charge in [-0.25, -0.2) is 13.2 Å². The van der Waals surface area contributed by atoms with Gasteiger partial charge < -0.3 is 5.11 Å². The Morgan fingerprint density at radius 1 is 1.05 bits per heavy atom. The van der Waals surface area contributed by atoms with E-state index in [1.54, 1.807) is 47.6 Å². The zero-order valence-corrected chi connectivity index (χ0v) is 14.2. The largest absolute Gasteiger partial charge is 0.478 e. The lowest BCUT2D eigenvalue weighted by atomic mass is 10.1. The van der Waals surface area contributed by atoms with Crippen LogP contribution < -0.4 is 0 Å². The van der Waals surface area contributed by atoms with Crippen molar-refractivity contribution in [3.05, 3.63) is 28.8 Å². The number of benzene rings is 1. The van der Waals surface area contributed by atoms with Crippen molar-refractivity contribution in [2.45, 2.75) is 58.5 Å². The number of hydrogen-bond acceptors (Lipinski definition) is 3. The lowest BCUT2D eigenvalue weighted by molar-refractivity contribution is 0.0696. The highest BCUT2D eigenvalue weighted by molar-refractivity contribution is 7.89. The highest BCUT2D eigenvalue weighted by Crippen LogP contribution is 2.26. The van der Waals surface area contributed by atoms with Crippen molar-refractivity contribution < 1.29 is 18.3 Å². The van der Waals surface area contributed by atoms with Gasteiger partial charge in [0.05, 0.1) is 10.5 Å². The molecule has 1 aromatic carbocycles. The molecule has 0 saturated heterocycles.